The lowest BCUT2D eigenvalue weighted by atomic mass is 10.0. The molecule has 0 aromatic carbocycles. The van der Waals surface area contributed by atoms with Gasteiger partial charge in [-0.05, 0) is 6.42 Å². The van der Waals surface area contributed by atoms with Crippen LogP contribution >= 0.6 is 0 Å². The minimum Gasteiger partial charge on any atom is -0.481 e. The van der Waals surface area contributed by atoms with Crippen molar-refractivity contribution in [2.24, 2.45) is 0 Å². The van der Waals surface area contributed by atoms with Crippen LogP contribution in [0.5, 0.6) is 0 Å². The lowest BCUT2D eigenvalue weighted by Crippen LogP contribution is -2.43. The van der Waals surface area contributed by atoms with Crippen molar-refractivity contribution in [3.63, 3.8) is 0 Å². The van der Waals surface area contributed by atoms with E-state index in [4.69, 9.17) is 9.84 Å². The van der Waals surface area contributed by atoms with Gasteiger partial charge in [-0.3, -0.25) is 9.59 Å². The lowest BCUT2D eigenvalue weighted by molar-refractivity contribution is -0.873. The van der Waals surface area contributed by atoms with Gasteiger partial charge in [0.05, 0.1) is 27.6 Å². The summed E-state index contributed by atoms with van der Waals surface area (Å²) in [5, 5.41) is 9.04. The highest BCUT2D eigenvalue weighted by Crippen LogP contribution is 2.15. The normalized spacial score (nSPS) is 12.6. The van der Waals surface area contributed by atoms with Crippen LogP contribution in [-0.4, -0.2) is 55.3 Å². The summed E-state index contributed by atoms with van der Waals surface area (Å²) in [6.45, 7) is 2.79. The first-order chi connectivity index (χ1) is 16.2. The standard InChI is InChI=1S/C29H57NO4/c1-5-6-7-8-9-10-11-12-13-14-15-16-17-18-19-20-21-22-23-24-29(33)34-27(25-28(31)32)26-30(2,3)4/h27H,5-26H2,1-4H3/p+1. The average molecular weight is 485 g/mol. The van der Waals surface area contributed by atoms with Crippen molar-refractivity contribution < 1.29 is 23.9 Å². The minimum absolute atomic E-state index is 0.125. The molecule has 0 saturated carbocycles. The van der Waals surface area contributed by atoms with Crippen molar-refractivity contribution in [2.75, 3.05) is 27.7 Å². The number of rotatable bonds is 25. The van der Waals surface area contributed by atoms with Crippen LogP contribution in [0.15, 0.2) is 0 Å². The Hall–Kier alpha value is -1.10. The van der Waals surface area contributed by atoms with Crippen LogP contribution in [-0.2, 0) is 14.3 Å². The highest BCUT2D eigenvalue weighted by Gasteiger charge is 2.24. The van der Waals surface area contributed by atoms with Gasteiger partial charge in [-0.1, -0.05) is 122 Å². The highest BCUT2D eigenvalue weighted by atomic mass is 16.5. The zero-order valence-electron chi connectivity index (χ0n) is 23.3. The van der Waals surface area contributed by atoms with Crippen LogP contribution in [0.2, 0.25) is 0 Å². The maximum absolute atomic E-state index is 12.1. The third-order valence-corrected chi connectivity index (χ3v) is 6.44. The number of hydrogen-bond acceptors (Lipinski definition) is 3. The van der Waals surface area contributed by atoms with Crippen LogP contribution in [0.4, 0.5) is 0 Å². The van der Waals surface area contributed by atoms with Crippen molar-refractivity contribution in [1.82, 2.24) is 0 Å². The molecule has 1 atom stereocenters. The van der Waals surface area contributed by atoms with E-state index in [0.717, 1.165) is 12.8 Å². The number of nitrogens with zero attached hydrogens (tertiary/aromatic N) is 1. The first-order valence-electron chi connectivity index (χ1n) is 14.5. The predicted molar refractivity (Wildman–Crippen MR) is 143 cm³/mol. The number of likely N-dealkylation sites (N-methyl/N-ethyl adjacent to an activating group) is 1. The van der Waals surface area contributed by atoms with E-state index >= 15 is 0 Å². The summed E-state index contributed by atoms with van der Waals surface area (Å²) in [5.74, 6) is -1.18. The molecular weight excluding hydrogens is 426 g/mol. The molecule has 0 saturated heterocycles. The van der Waals surface area contributed by atoms with E-state index in [0.29, 0.717) is 17.4 Å². The predicted octanol–water partition coefficient (Wildman–Crippen LogP) is 7.90. The largest absolute Gasteiger partial charge is 0.481 e. The van der Waals surface area contributed by atoms with E-state index < -0.39 is 12.1 Å². The topological polar surface area (TPSA) is 63.6 Å². The molecule has 34 heavy (non-hydrogen) atoms. The summed E-state index contributed by atoms with van der Waals surface area (Å²) in [5.41, 5.74) is 0. The summed E-state index contributed by atoms with van der Waals surface area (Å²) in [4.78, 5) is 23.1. The molecular formula is C29H58NO4+. The van der Waals surface area contributed by atoms with E-state index in [1.807, 2.05) is 21.1 Å². The van der Waals surface area contributed by atoms with E-state index in [9.17, 15) is 9.59 Å². The van der Waals surface area contributed by atoms with Crippen LogP contribution in [0, 0.1) is 0 Å². The Morgan fingerprint density at radius 3 is 1.32 bits per heavy atom. The number of unbranched alkanes of at least 4 members (excludes halogenated alkanes) is 18. The number of carbonyl (C=O) groups excluding carboxylic acids is 1. The summed E-state index contributed by atoms with van der Waals surface area (Å²) in [7, 11) is 5.92. The Bertz CT molecular complexity index is 487. The number of aliphatic carboxylic acids is 1. The molecule has 0 bridgehead atoms. The molecule has 1 N–H and O–H groups in total. The van der Waals surface area contributed by atoms with Gasteiger partial charge in [0.2, 0.25) is 0 Å². The van der Waals surface area contributed by atoms with Gasteiger partial charge in [0.15, 0.2) is 6.10 Å². The molecule has 0 aromatic rings. The third kappa shape index (κ3) is 25.5. The number of carboxylic acid groups (broad SMARTS) is 1. The molecule has 5 heteroatoms. The second-order valence-corrected chi connectivity index (χ2v) is 11.3. The van der Waals surface area contributed by atoms with Gasteiger partial charge in [0.25, 0.3) is 0 Å². The Morgan fingerprint density at radius 2 is 1.00 bits per heavy atom. The maximum atomic E-state index is 12.1. The number of carboxylic acids is 1. The maximum Gasteiger partial charge on any atom is 0.307 e. The van der Waals surface area contributed by atoms with E-state index in [2.05, 4.69) is 6.92 Å². The van der Waals surface area contributed by atoms with E-state index in [-0.39, 0.29) is 12.4 Å². The fourth-order valence-electron chi connectivity index (χ4n) is 4.54. The fourth-order valence-corrected chi connectivity index (χ4v) is 4.54. The Morgan fingerprint density at radius 1 is 0.647 bits per heavy atom. The molecule has 0 amide bonds. The summed E-state index contributed by atoms with van der Waals surface area (Å²) < 4.78 is 6.01. The van der Waals surface area contributed by atoms with Gasteiger partial charge >= 0.3 is 11.9 Å². The van der Waals surface area contributed by atoms with Crippen LogP contribution in [0.1, 0.15) is 142 Å². The van der Waals surface area contributed by atoms with Crippen LogP contribution < -0.4 is 0 Å². The van der Waals surface area contributed by atoms with Crippen LogP contribution in [0.25, 0.3) is 0 Å². The van der Waals surface area contributed by atoms with Crippen molar-refractivity contribution in [2.45, 2.75) is 148 Å². The second-order valence-electron chi connectivity index (χ2n) is 11.3. The lowest BCUT2D eigenvalue weighted by Gasteiger charge is -2.28. The van der Waals surface area contributed by atoms with Gasteiger partial charge in [0.1, 0.15) is 6.54 Å². The van der Waals surface area contributed by atoms with Gasteiger partial charge in [0, 0.05) is 6.42 Å². The molecule has 0 aliphatic rings. The number of quaternary nitrogens is 1. The van der Waals surface area contributed by atoms with Crippen molar-refractivity contribution >= 4 is 11.9 Å². The van der Waals surface area contributed by atoms with Gasteiger partial charge in [-0.2, -0.15) is 0 Å². The monoisotopic (exact) mass is 484 g/mol. The van der Waals surface area contributed by atoms with E-state index in [1.54, 1.807) is 0 Å². The zero-order chi connectivity index (χ0) is 25.5. The zero-order valence-corrected chi connectivity index (χ0v) is 23.3. The minimum atomic E-state index is -0.922. The summed E-state index contributed by atoms with van der Waals surface area (Å²) in [6.07, 6.45) is 25.0. The molecule has 202 valence electrons. The molecule has 1 unspecified atom stereocenters. The Labute approximate surface area is 211 Å². The average Bonchev–Trinajstić information content (AvgIpc) is 2.73. The first-order valence-corrected chi connectivity index (χ1v) is 14.5. The summed E-state index contributed by atoms with van der Waals surface area (Å²) >= 11 is 0. The number of hydrogen-bond donors (Lipinski definition) is 1. The number of carbonyl (C=O) groups is 2. The van der Waals surface area contributed by atoms with Gasteiger partial charge < -0.3 is 14.3 Å². The number of ether oxygens (including phenoxy) is 1. The van der Waals surface area contributed by atoms with Crippen molar-refractivity contribution in [3.8, 4) is 0 Å². The van der Waals surface area contributed by atoms with Crippen molar-refractivity contribution in [3.05, 3.63) is 0 Å². The fraction of sp³-hybridized carbons (Fsp3) is 0.931. The highest BCUT2D eigenvalue weighted by molar-refractivity contribution is 5.71. The quantitative estimate of drug-likeness (QED) is 0.0812. The molecule has 0 heterocycles. The molecule has 0 aliphatic heterocycles. The molecule has 0 aromatic heterocycles. The summed E-state index contributed by atoms with van der Waals surface area (Å²) in [6, 6.07) is 0. The second kappa shape index (κ2) is 22.4. The molecule has 0 rings (SSSR count). The third-order valence-electron chi connectivity index (χ3n) is 6.44. The molecule has 0 spiro atoms. The van der Waals surface area contributed by atoms with Crippen molar-refractivity contribution in [1.29, 1.82) is 0 Å². The first kappa shape index (κ1) is 32.9. The molecule has 5 nitrogen and oxygen atoms in total. The smallest absolute Gasteiger partial charge is 0.307 e. The van der Waals surface area contributed by atoms with Crippen LogP contribution in [0.3, 0.4) is 0 Å². The molecule has 0 aliphatic carbocycles. The molecule has 0 fully saturated rings. The van der Waals surface area contributed by atoms with E-state index in [1.165, 1.54) is 109 Å². The SMILES string of the molecule is CCCCCCCCCCCCCCCCCCCCCC(=O)OC(CC(=O)O)C[N+](C)(C)C. The Kier molecular flexibility index (Phi) is 21.6. The Balaban J connectivity index is 3.45. The van der Waals surface area contributed by atoms with Gasteiger partial charge in [-0.25, -0.2) is 0 Å². The molecule has 0 radical (unpaired) electrons. The van der Waals surface area contributed by atoms with Gasteiger partial charge in [-0.15, -0.1) is 0 Å². The number of esters is 1.